The van der Waals surface area contributed by atoms with E-state index in [9.17, 15) is 0 Å². The summed E-state index contributed by atoms with van der Waals surface area (Å²) < 4.78 is 10.6. The molecule has 0 bridgehead atoms. The van der Waals surface area contributed by atoms with Gasteiger partial charge in [-0.3, -0.25) is 4.99 Å². The van der Waals surface area contributed by atoms with E-state index in [0.29, 0.717) is 5.96 Å². The number of methoxy groups -OCH3 is 2. The summed E-state index contributed by atoms with van der Waals surface area (Å²) in [6.45, 7) is 5.12. The van der Waals surface area contributed by atoms with Gasteiger partial charge in [-0.05, 0) is 49.3 Å². The quantitative estimate of drug-likeness (QED) is 0.497. The van der Waals surface area contributed by atoms with E-state index in [4.69, 9.17) is 15.2 Å². The van der Waals surface area contributed by atoms with Crippen molar-refractivity contribution in [3.8, 4) is 11.5 Å². The molecule has 2 rings (SSSR count). The van der Waals surface area contributed by atoms with Gasteiger partial charge >= 0.3 is 0 Å². The molecule has 1 saturated heterocycles. The SMILES string of the molecule is COc1ccc(CCCN=C(N)N2CCC(C)CC2)cc1OC. The maximum atomic E-state index is 6.10. The van der Waals surface area contributed by atoms with E-state index in [1.807, 2.05) is 12.1 Å². The van der Waals surface area contributed by atoms with E-state index < -0.39 is 0 Å². The third-order valence-electron chi connectivity index (χ3n) is 4.45. The molecule has 0 aromatic heterocycles. The number of aryl methyl sites for hydroxylation is 1. The van der Waals surface area contributed by atoms with Crippen LogP contribution in [0.25, 0.3) is 0 Å². The molecule has 0 atom stereocenters. The first-order valence-electron chi connectivity index (χ1n) is 8.39. The van der Waals surface area contributed by atoms with E-state index >= 15 is 0 Å². The normalized spacial score (nSPS) is 16.5. The van der Waals surface area contributed by atoms with Gasteiger partial charge in [0.25, 0.3) is 0 Å². The molecule has 0 amide bonds. The molecule has 2 N–H and O–H groups in total. The van der Waals surface area contributed by atoms with E-state index in [-0.39, 0.29) is 0 Å². The summed E-state index contributed by atoms with van der Waals surface area (Å²) in [6.07, 6.45) is 4.35. The molecule has 1 aromatic rings. The van der Waals surface area contributed by atoms with Gasteiger partial charge < -0.3 is 20.1 Å². The molecule has 0 radical (unpaired) electrons. The predicted octanol–water partition coefficient (Wildman–Crippen LogP) is 2.68. The fourth-order valence-electron chi connectivity index (χ4n) is 2.85. The third kappa shape index (κ3) is 5.05. The molecule has 5 nitrogen and oxygen atoms in total. The van der Waals surface area contributed by atoms with Crippen LogP contribution in [-0.2, 0) is 6.42 Å². The van der Waals surface area contributed by atoms with Crippen LogP contribution in [0.15, 0.2) is 23.2 Å². The second-order valence-corrected chi connectivity index (χ2v) is 6.20. The van der Waals surface area contributed by atoms with Crippen molar-refractivity contribution >= 4 is 5.96 Å². The Hall–Kier alpha value is -1.91. The van der Waals surface area contributed by atoms with Crippen LogP contribution in [0.4, 0.5) is 0 Å². The van der Waals surface area contributed by atoms with Gasteiger partial charge in [0.05, 0.1) is 14.2 Å². The maximum absolute atomic E-state index is 6.10. The van der Waals surface area contributed by atoms with Crippen LogP contribution in [0, 0.1) is 5.92 Å². The molecule has 1 heterocycles. The molecule has 5 heteroatoms. The highest BCUT2D eigenvalue weighted by atomic mass is 16.5. The lowest BCUT2D eigenvalue weighted by atomic mass is 10.00. The monoisotopic (exact) mass is 319 g/mol. The van der Waals surface area contributed by atoms with E-state index in [1.54, 1.807) is 14.2 Å². The third-order valence-corrected chi connectivity index (χ3v) is 4.45. The molecule has 1 aliphatic heterocycles. The zero-order valence-corrected chi connectivity index (χ0v) is 14.5. The first kappa shape index (κ1) is 17.4. The van der Waals surface area contributed by atoms with Gasteiger partial charge in [0.15, 0.2) is 17.5 Å². The molecule has 0 saturated carbocycles. The summed E-state index contributed by atoms with van der Waals surface area (Å²) in [7, 11) is 3.31. The molecule has 128 valence electrons. The molecular formula is C18H29N3O2. The Morgan fingerprint density at radius 1 is 1.22 bits per heavy atom. The predicted molar refractivity (Wildman–Crippen MR) is 94.3 cm³/mol. The minimum absolute atomic E-state index is 0.698. The Labute approximate surface area is 139 Å². The van der Waals surface area contributed by atoms with Crippen LogP contribution < -0.4 is 15.2 Å². The summed E-state index contributed by atoms with van der Waals surface area (Å²) in [5.41, 5.74) is 7.32. The number of nitrogens with two attached hydrogens (primary N) is 1. The van der Waals surface area contributed by atoms with Gasteiger partial charge in [0.2, 0.25) is 0 Å². The second kappa shape index (κ2) is 8.65. The number of nitrogens with zero attached hydrogens (tertiary/aromatic N) is 2. The molecule has 1 aliphatic rings. The lowest BCUT2D eigenvalue weighted by Gasteiger charge is -2.31. The smallest absolute Gasteiger partial charge is 0.191 e. The Balaban J connectivity index is 1.79. The first-order valence-corrected chi connectivity index (χ1v) is 8.39. The molecule has 0 unspecified atom stereocenters. The topological polar surface area (TPSA) is 60.1 Å². The number of piperidine rings is 1. The zero-order valence-electron chi connectivity index (χ0n) is 14.5. The van der Waals surface area contributed by atoms with E-state index in [1.165, 1.54) is 18.4 Å². The molecular weight excluding hydrogens is 290 g/mol. The van der Waals surface area contributed by atoms with Crippen LogP contribution in [-0.4, -0.2) is 44.7 Å². The average Bonchev–Trinajstić information content (AvgIpc) is 2.58. The number of likely N-dealkylation sites (tertiary alicyclic amines) is 1. The van der Waals surface area contributed by atoms with Crippen molar-refractivity contribution in [3.05, 3.63) is 23.8 Å². The molecule has 0 spiro atoms. The van der Waals surface area contributed by atoms with Crippen molar-refractivity contribution in [2.24, 2.45) is 16.6 Å². The molecule has 23 heavy (non-hydrogen) atoms. The number of rotatable bonds is 6. The Bertz CT molecular complexity index is 523. The van der Waals surface area contributed by atoms with Crippen LogP contribution in [0.2, 0.25) is 0 Å². The van der Waals surface area contributed by atoms with E-state index in [0.717, 1.165) is 49.9 Å². The second-order valence-electron chi connectivity index (χ2n) is 6.20. The summed E-state index contributed by atoms with van der Waals surface area (Å²) in [5, 5.41) is 0. The standard InChI is InChI=1S/C18H29N3O2/c1-14-8-11-21(12-9-14)18(19)20-10-4-5-15-6-7-16(22-2)17(13-15)23-3/h6-7,13-14H,4-5,8-12H2,1-3H3,(H2,19,20). The number of benzene rings is 1. The number of hydrogen-bond donors (Lipinski definition) is 1. The Kier molecular flexibility index (Phi) is 6.56. The van der Waals surface area contributed by atoms with Crippen molar-refractivity contribution in [3.63, 3.8) is 0 Å². The largest absolute Gasteiger partial charge is 0.493 e. The summed E-state index contributed by atoms with van der Waals surface area (Å²) in [6, 6.07) is 6.04. The number of aliphatic imine (C=N–C) groups is 1. The molecule has 1 fully saturated rings. The van der Waals surface area contributed by atoms with Crippen LogP contribution in [0.1, 0.15) is 31.7 Å². The van der Waals surface area contributed by atoms with Gasteiger partial charge in [0.1, 0.15) is 0 Å². The van der Waals surface area contributed by atoms with Gasteiger partial charge in [0, 0.05) is 19.6 Å². The average molecular weight is 319 g/mol. The lowest BCUT2D eigenvalue weighted by molar-refractivity contribution is 0.277. The minimum Gasteiger partial charge on any atom is -0.493 e. The Morgan fingerprint density at radius 2 is 1.91 bits per heavy atom. The van der Waals surface area contributed by atoms with Crippen molar-refractivity contribution in [1.29, 1.82) is 0 Å². The summed E-state index contributed by atoms with van der Waals surface area (Å²) in [5.74, 6) is 3.04. The highest BCUT2D eigenvalue weighted by Crippen LogP contribution is 2.27. The van der Waals surface area contributed by atoms with Crippen molar-refractivity contribution in [1.82, 2.24) is 4.90 Å². The molecule has 1 aromatic carbocycles. The van der Waals surface area contributed by atoms with Gasteiger partial charge in [-0.15, -0.1) is 0 Å². The fraction of sp³-hybridized carbons (Fsp3) is 0.611. The summed E-state index contributed by atoms with van der Waals surface area (Å²) in [4.78, 5) is 6.73. The zero-order chi connectivity index (χ0) is 16.7. The van der Waals surface area contributed by atoms with Gasteiger partial charge in [-0.2, -0.15) is 0 Å². The Morgan fingerprint density at radius 3 is 2.57 bits per heavy atom. The highest BCUT2D eigenvalue weighted by Gasteiger charge is 2.16. The van der Waals surface area contributed by atoms with Gasteiger partial charge in [-0.25, -0.2) is 0 Å². The van der Waals surface area contributed by atoms with Gasteiger partial charge in [-0.1, -0.05) is 13.0 Å². The number of ether oxygens (including phenoxy) is 2. The highest BCUT2D eigenvalue weighted by molar-refractivity contribution is 5.78. The lowest BCUT2D eigenvalue weighted by Crippen LogP contribution is -2.42. The van der Waals surface area contributed by atoms with Crippen LogP contribution in [0.5, 0.6) is 11.5 Å². The fourth-order valence-corrected chi connectivity index (χ4v) is 2.85. The molecule has 0 aliphatic carbocycles. The maximum Gasteiger partial charge on any atom is 0.191 e. The van der Waals surface area contributed by atoms with Crippen molar-refractivity contribution < 1.29 is 9.47 Å². The van der Waals surface area contributed by atoms with Crippen molar-refractivity contribution in [2.45, 2.75) is 32.6 Å². The minimum atomic E-state index is 0.698. The van der Waals surface area contributed by atoms with E-state index in [2.05, 4.69) is 22.9 Å². The summed E-state index contributed by atoms with van der Waals surface area (Å²) >= 11 is 0. The van der Waals surface area contributed by atoms with Crippen LogP contribution >= 0.6 is 0 Å². The number of hydrogen-bond acceptors (Lipinski definition) is 3. The first-order chi connectivity index (χ1) is 11.1. The van der Waals surface area contributed by atoms with Crippen LogP contribution in [0.3, 0.4) is 0 Å². The van der Waals surface area contributed by atoms with Crippen molar-refractivity contribution in [2.75, 3.05) is 33.9 Å². The number of guanidine groups is 1.